The molecule has 0 spiro atoms. The van der Waals surface area contributed by atoms with Crippen LogP contribution in [0.5, 0.6) is 0 Å². The van der Waals surface area contributed by atoms with E-state index in [1.165, 1.54) is 11.0 Å². The van der Waals surface area contributed by atoms with Gasteiger partial charge in [-0.1, -0.05) is 29.9 Å². The molecule has 0 saturated carbocycles. The second-order valence-corrected chi connectivity index (χ2v) is 8.69. The third kappa shape index (κ3) is 4.59. The van der Waals surface area contributed by atoms with E-state index in [1.54, 1.807) is 30.3 Å². The fraction of sp³-hybridized carbons (Fsp3) is 0.0833. The van der Waals surface area contributed by atoms with Crippen LogP contribution in [0.25, 0.3) is 11.8 Å². The Labute approximate surface area is 206 Å². The van der Waals surface area contributed by atoms with Gasteiger partial charge in [0.25, 0.3) is 11.8 Å². The predicted molar refractivity (Wildman–Crippen MR) is 139 cm³/mol. The summed E-state index contributed by atoms with van der Waals surface area (Å²) in [6.45, 7) is 0. The Bertz CT molecular complexity index is 1350. The van der Waals surface area contributed by atoms with Gasteiger partial charge in [0.2, 0.25) is 0 Å². The summed E-state index contributed by atoms with van der Waals surface area (Å²) in [5, 5.41) is 3.11. The minimum absolute atomic E-state index is 0.00665. The first-order chi connectivity index (χ1) is 15.8. The van der Waals surface area contributed by atoms with Gasteiger partial charge in [-0.25, -0.2) is 0 Å². The molecule has 6 nitrogen and oxygen atoms in total. The number of thiocarbonyl (C=S) groups is 1. The van der Waals surface area contributed by atoms with Crippen molar-refractivity contribution in [3.8, 4) is 5.69 Å². The lowest BCUT2D eigenvalue weighted by Gasteiger charge is -2.29. The molecule has 0 atom stereocenters. The van der Waals surface area contributed by atoms with Crippen LogP contribution in [-0.2, 0) is 9.59 Å². The van der Waals surface area contributed by atoms with Gasteiger partial charge in [0.15, 0.2) is 5.11 Å². The molecule has 166 valence electrons. The van der Waals surface area contributed by atoms with E-state index in [0.29, 0.717) is 20.9 Å². The number of rotatable bonds is 4. The smallest absolute Gasteiger partial charge is 0.270 e. The van der Waals surface area contributed by atoms with Crippen LogP contribution in [0.2, 0.25) is 5.02 Å². The van der Waals surface area contributed by atoms with E-state index in [9.17, 15) is 9.59 Å². The molecular formula is C24H19ClN4O2S2. The molecule has 1 saturated heterocycles. The number of benzene rings is 2. The number of nitrogens with zero attached hydrogens (tertiary/aromatic N) is 3. The molecule has 0 radical (unpaired) electrons. The quantitative estimate of drug-likeness (QED) is 0.322. The topological polar surface area (TPSA) is 57.6 Å². The molecule has 0 bridgehead atoms. The summed E-state index contributed by atoms with van der Waals surface area (Å²) in [6.07, 6.45) is 3.34. The van der Waals surface area contributed by atoms with Gasteiger partial charge in [0.1, 0.15) is 10.2 Å². The molecule has 4 rings (SSSR count). The predicted octanol–water partition coefficient (Wildman–Crippen LogP) is 4.76. The van der Waals surface area contributed by atoms with E-state index >= 15 is 0 Å². The molecule has 1 aromatic heterocycles. The van der Waals surface area contributed by atoms with Gasteiger partial charge in [0.05, 0.1) is 5.69 Å². The molecule has 2 heterocycles. The maximum absolute atomic E-state index is 13.2. The van der Waals surface area contributed by atoms with Crippen molar-refractivity contribution >= 4 is 70.4 Å². The molecule has 33 heavy (non-hydrogen) atoms. The third-order valence-electron chi connectivity index (χ3n) is 5.11. The summed E-state index contributed by atoms with van der Waals surface area (Å²) in [6, 6.07) is 18.1. The SMILES string of the molecule is CN(C)c1ccc(-n2cccc(/C=C3/C(=O)NC(=S)N(c4ccc(Cl)cc4)C3=O)c2=S)cc1. The van der Waals surface area contributed by atoms with Gasteiger partial charge in [-0.05, 0) is 72.9 Å². The molecule has 1 aliphatic rings. The maximum atomic E-state index is 13.2. The normalized spacial score (nSPS) is 15.1. The van der Waals surface area contributed by atoms with E-state index in [1.807, 2.05) is 60.1 Å². The van der Waals surface area contributed by atoms with Crippen molar-refractivity contribution < 1.29 is 9.59 Å². The molecule has 3 aromatic rings. The number of hydrogen-bond acceptors (Lipinski definition) is 5. The molecular weight excluding hydrogens is 476 g/mol. The van der Waals surface area contributed by atoms with E-state index in [2.05, 4.69) is 5.32 Å². The lowest BCUT2D eigenvalue weighted by atomic mass is 10.1. The van der Waals surface area contributed by atoms with Crippen LogP contribution in [0.3, 0.4) is 0 Å². The standard InChI is InChI=1S/C24H19ClN4O2S2/c1-27(2)17-9-11-18(12-10-17)28-13-3-4-15(23(28)32)14-20-21(30)26-24(33)29(22(20)31)19-7-5-16(25)6-8-19/h3-14H,1-2H3,(H,26,30,33)/b20-14-. The first kappa shape index (κ1) is 22.8. The van der Waals surface area contributed by atoms with Crippen molar-refractivity contribution in [2.24, 2.45) is 0 Å². The number of nitrogens with one attached hydrogen (secondary N) is 1. The minimum atomic E-state index is -0.574. The maximum Gasteiger partial charge on any atom is 0.270 e. The largest absolute Gasteiger partial charge is 0.378 e. The second-order valence-electron chi connectivity index (χ2n) is 7.48. The fourth-order valence-electron chi connectivity index (χ4n) is 3.37. The molecule has 2 amide bonds. The van der Waals surface area contributed by atoms with Crippen LogP contribution < -0.4 is 15.1 Å². The number of hydrogen-bond donors (Lipinski definition) is 1. The van der Waals surface area contributed by atoms with Crippen molar-refractivity contribution in [1.82, 2.24) is 9.88 Å². The Hall–Kier alpha value is -3.33. The van der Waals surface area contributed by atoms with E-state index in [0.717, 1.165) is 11.4 Å². The second kappa shape index (κ2) is 9.27. The molecule has 1 fully saturated rings. The summed E-state index contributed by atoms with van der Waals surface area (Å²) >= 11 is 16.9. The van der Waals surface area contributed by atoms with Crippen LogP contribution in [0, 0.1) is 4.64 Å². The molecule has 1 aliphatic heterocycles. The van der Waals surface area contributed by atoms with Gasteiger partial charge < -0.3 is 9.47 Å². The van der Waals surface area contributed by atoms with Gasteiger partial charge >= 0.3 is 0 Å². The number of carbonyl (C=O) groups is 2. The summed E-state index contributed by atoms with van der Waals surface area (Å²) < 4.78 is 2.29. The number of amides is 2. The summed E-state index contributed by atoms with van der Waals surface area (Å²) in [7, 11) is 3.94. The molecule has 0 unspecified atom stereocenters. The van der Waals surface area contributed by atoms with Crippen molar-refractivity contribution in [2.45, 2.75) is 0 Å². The zero-order chi connectivity index (χ0) is 23.7. The van der Waals surface area contributed by atoms with Crippen LogP contribution in [0.15, 0.2) is 72.4 Å². The highest BCUT2D eigenvalue weighted by molar-refractivity contribution is 7.80. The summed E-state index contributed by atoms with van der Waals surface area (Å²) in [4.78, 5) is 29.1. The summed E-state index contributed by atoms with van der Waals surface area (Å²) in [5.74, 6) is -1.11. The fourth-order valence-corrected chi connectivity index (χ4v) is 4.07. The molecule has 1 N–H and O–H groups in total. The summed E-state index contributed by atoms with van der Waals surface area (Å²) in [5.41, 5.74) is 2.93. The zero-order valence-corrected chi connectivity index (χ0v) is 20.2. The molecule has 2 aromatic carbocycles. The number of pyridine rings is 1. The first-order valence-corrected chi connectivity index (χ1v) is 11.1. The van der Waals surface area contributed by atoms with Crippen molar-refractivity contribution in [3.05, 3.63) is 87.7 Å². The monoisotopic (exact) mass is 494 g/mol. The highest BCUT2D eigenvalue weighted by Crippen LogP contribution is 2.24. The number of anilines is 2. The number of carbonyl (C=O) groups excluding carboxylic acids is 2. The Morgan fingerprint density at radius 2 is 1.58 bits per heavy atom. The molecule has 0 aliphatic carbocycles. The highest BCUT2D eigenvalue weighted by Gasteiger charge is 2.34. The van der Waals surface area contributed by atoms with Gasteiger partial charge in [0, 0.05) is 42.3 Å². The van der Waals surface area contributed by atoms with Gasteiger partial charge in [-0.3, -0.25) is 19.8 Å². The van der Waals surface area contributed by atoms with Crippen LogP contribution >= 0.6 is 36.0 Å². The van der Waals surface area contributed by atoms with Crippen LogP contribution in [-0.4, -0.2) is 35.6 Å². The van der Waals surface area contributed by atoms with Crippen molar-refractivity contribution in [3.63, 3.8) is 0 Å². The Balaban J connectivity index is 1.73. The van der Waals surface area contributed by atoms with Crippen molar-refractivity contribution in [1.29, 1.82) is 0 Å². The Kier molecular flexibility index (Phi) is 6.42. The number of aromatic nitrogens is 1. The van der Waals surface area contributed by atoms with Crippen molar-refractivity contribution in [2.75, 3.05) is 23.9 Å². The average molecular weight is 495 g/mol. The Morgan fingerprint density at radius 3 is 2.21 bits per heavy atom. The Morgan fingerprint density at radius 1 is 0.939 bits per heavy atom. The van der Waals surface area contributed by atoms with E-state index < -0.39 is 11.8 Å². The lowest BCUT2D eigenvalue weighted by Crippen LogP contribution is -2.54. The van der Waals surface area contributed by atoms with E-state index in [-0.39, 0.29) is 10.7 Å². The average Bonchev–Trinajstić information content (AvgIpc) is 2.79. The first-order valence-electron chi connectivity index (χ1n) is 9.93. The molecule has 9 heteroatoms. The minimum Gasteiger partial charge on any atom is -0.378 e. The zero-order valence-electron chi connectivity index (χ0n) is 17.8. The van der Waals surface area contributed by atoms with E-state index in [4.69, 9.17) is 36.0 Å². The van der Waals surface area contributed by atoms with Gasteiger partial charge in [-0.15, -0.1) is 0 Å². The van der Waals surface area contributed by atoms with Crippen LogP contribution in [0.1, 0.15) is 5.56 Å². The number of halogens is 1. The van der Waals surface area contributed by atoms with Crippen LogP contribution in [0.4, 0.5) is 11.4 Å². The van der Waals surface area contributed by atoms with Gasteiger partial charge in [-0.2, -0.15) is 0 Å². The highest BCUT2D eigenvalue weighted by atomic mass is 35.5. The lowest BCUT2D eigenvalue weighted by molar-refractivity contribution is -0.122. The third-order valence-corrected chi connectivity index (χ3v) is 6.08.